The predicted molar refractivity (Wildman–Crippen MR) is 129 cm³/mol. The molecule has 2 aromatic heterocycles. The van der Waals surface area contributed by atoms with Gasteiger partial charge in [0.05, 0.1) is 17.5 Å². The maximum Gasteiger partial charge on any atom is 0.263 e. The first-order valence-electron chi connectivity index (χ1n) is 11.2. The molecule has 0 aliphatic carbocycles. The van der Waals surface area contributed by atoms with Crippen LogP contribution in [0.25, 0.3) is 0 Å². The van der Waals surface area contributed by atoms with Crippen molar-refractivity contribution in [2.75, 3.05) is 39.3 Å². The molecule has 2 aliphatic heterocycles. The number of hydrogen-bond donors (Lipinski definition) is 0. The van der Waals surface area contributed by atoms with E-state index in [2.05, 4.69) is 40.6 Å². The molecule has 0 spiro atoms. The van der Waals surface area contributed by atoms with Crippen molar-refractivity contribution in [1.29, 1.82) is 0 Å². The van der Waals surface area contributed by atoms with E-state index in [-0.39, 0.29) is 17.9 Å². The van der Waals surface area contributed by atoms with E-state index in [1.54, 1.807) is 0 Å². The van der Waals surface area contributed by atoms with Crippen molar-refractivity contribution < 1.29 is 9.59 Å². The van der Waals surface area contributed by atoms with Crippen LogP contribution in [-0.4, -0.2) is 65.8 Å². The van der Waals surface area contributed by atoms with Crippen molar-refractivity contribution in [3.8, 4) is 0 Å². The molecule has 1 atom stereocenters. The first kappa shape index (κ1) is 21.4. The van der Waals surface area contributed by atoms with Crippen LogP contribution in [0.4, 0.5) is 0 Å². The Balaban J connectivity index is 1.27. The van der Waals surface area contributed by atoms with Gasteiger partial charge in [0.2, 0.25) is 5.91 Å². The molecule has 5 rings (SSSR count). The first-order valence-corrected chi connectivity index (χ1v) is 12.9. The second-order valence-electron chi connectivity index (χ2n) is 8.34. The zero-order valence-electron chi connectivity index (χ0n) is 18.0. The number of amides is 2. The van der Waals surface area contributed by atoms with Crippen LogP contribution in [0.5, 0.6) is 0 Å². The average molecular weight is 466 g/mol. The Kier molecular flexibility index (Phi) is 6.39. The summed E-state index contributed by atoms with van der Waals surface area (Å²) in [4.78, 5) is 34.4. The summed E-state index contributed by atoms with van der Waals surface area (Å²) in [5.41, 5.74) is 2.58. The van der Waals surface area contributed by atoms with E-state index in [1.165, 1.54) is 27.3 Å². The lowest BCUT2D eigenvalue weighted by Crippen LogP contribution is -2.45. The minimum atomic E-state index is 0.0828. The molecule has 0 bridgehead atoms. The molecule has 3 aromatic rings. The number of carbonyl (C=O) groups excluding carboxylic acids is 2. The highest BCUT2D eigenvalue weighted by molar-refractivity contribution is 7.12. The fourth-order valence-electron chi connectivity index (χ4n) is 4.76. The molecule has 1 saturated heterocycles. The lowest BCUT2D eigenvalue weighted by atomic mass is 9.93. The lowest BCUT2D eigenvalue weighted by Gasteiger charge is -2.37. The number of hydrogen-bond acceptors (Lipinski definition) is 5. The summed E-state index contributed by atoms with van der Waals surface area (Å²) in [6.07, 6.45) is 1.81. The minimum Gasteiger partial charge on any atom is -0.340 e. The number of fused-ring (bicyclic) bond motifs is 1. The molecule has 1 unspecified atom stereocenters. The van der Waals surface area contributed by atoms with E-state index < -0.39 is 0 Å². The van der Waals surface area contributed by atoms with Crippen LogP contribution < -0.4 is 0 Å². The molecule has 5 nitrogen and oxygen atoms in total. The van der Waals surface area contributed by atoms with E-state index in [9.17, 15) is 9.59 Å². The number of rotatable bonds is 4. The Morgan fingerprint density at radius 2 is 1.66 bits per heavy atom. The van der Waals surface area contributed by atoms with Crippen LogP contribution in [0.15, 0.2) is 59.3 Å². The Morgan fingerprint density at radius 3 is 2.47 bits per heavy atom. The third-order valence-electron chi connectivity index (χ3n) is 6.39. The van der Waals surface area contributed by atoms with E-state index >= 15 is 0 Å². The van der Waals surface area contributed by atoms with Gasteiger partial charge in [-0.25, -0.2) is 0 Å². The highest BCUT2D eigenvalue weighted by atomic mass is 32.1. The second kappa shape index (κ2) is 9.57. The smallest absolute Gasteiger partial charge is 0.263 e. The van der Waals surface area contributed by atoms with Gasteiger partial charge in [-0.2, -0.15) is 0 Å². The average Bonchev–Trinajstić information content (AvgIpc) is 3.46. The van der Waals surface area contributed by atoms with Crippen molar-refractivity contribution in [3.63, 3.8) is 0 Å². The Morgan fingerprint density at radius 1 is 0.844 bits per heavy atom. The summed E-state index contributed by atoms with van der Waals surface area (Å²) in [5, 5.41) is 4.10. The van der Waals surface area contributed by atoms with Gasteiger partial charge in [0, 0.05) is 37.6 Å². The molecule has 32 heavy (non-hydrogen) atoms. The van der Waals surface area contributed by atoms with Gasteiger partial charge in [-0.15, -0.1) is 22.7 Å². The molecule has 2 amide bonds. The van der Waals surface area contributed by atoms with Gasteiger partial charge in [-0.3, -0.25) is 14.5 Å². The molecule has 0 radical (unpaired) electrons. The predicted octanol–water partition coefficient (Wildman–Crippen LogP) is 4.13. The zero-order valence-corrected chi connectivity index (χ0v) is 19.6. The van der Waals surface area contributed by atoms with Crippen molar-refractivity contribution in [3.05, 3.63) is 80.2 Å². The number of thiophene rings is 2. The molecule has 1 aromatic carbocycles. The molecule has 4 heterocycles. The summed E-state index contributed by atoms with van der Waals surface area (Å²) in [6, 6.07) is 16.6. The van der Waals surface area contributed by atoms with Gasteiger partial charge >= 0.3 is 0 Å². The molecule has 7 heteroatoms. The highest BCUT2D eigenvalue weighted by Crippen LogP contribution is 2.37. The summed E-state index contributed by atoms with van der Waals surface area (Å²) < 4.78 is 0. The van der Waals surface area contributed by atoms with Gasteiger partial charge < -0.3 is 9.80 Å². The van der Waals surface area contributed by atoms with Gasteiger partial charge in [0.1, 0.15) is 0 Å². The monoisotopic (exact) mass is 465 g/mol. The van der Waals surface area contributed by atoms with Gasteiger partial charge in [-0.05, 0) is 46.9 Å². The lowest BCUT2D eigenvalue weighted by molar-refractivity contribution is -0.132. The molecule has 1 fully saturated rings. The molecular formula is C25H27N3O2S2. The van der Waals surface area contributed by atoms with Gasteiger partial charge in [0.25, 0.3) is 5.91 Å². The van der Waals surface area contributed by atoms with Crippen molar-refractivity contribution >= 4 is 34.5 Å². The van der Waals surface area contributed by atoms with E-state index in [4.69, 9.17) is 0 Å². The fourth-order valence-corrected chi connectivity index (χ4v) is 6.36. The van der Waals surface area contributed by atoms with Crippen molar-refractivity contribution in [1.82, 2.24) is 14.7 Å². The fraction of sp³-hybridized carbons (Fsp3) is 0.360. The normalized spacial score (nSPS) is 19.4. The third kappa shape index (κ3) is 4.37. The zero-order chi connectivity index (χ0) is 21.9. The third-order valence-corrected chi connectivity index (χ3v) is 8.24. The first-order chi connectivity index (χ1) is 15.7. The van der Waals surface area contributed by atoms with Crippen LogP contribution in [0.1, 0.15) is 38.1 Å². The summed E-state index contributed by atoms with van der Waals surface area (Å²) >= 11 is 3.30. The summed E-state index contributed by atoms with van der Waals surface area (Å²) in [5.74, 6) is 0.245. The topological polar surface area (TPSA) is 43.9 Å². The largest absolute Gasteiger partial charge is 0.340 e. The van der Waals surface area contributed by atoms with Crippen LogP contribution in [0.2, 0.25) is 0 Å². The van der Waals surface area contributed by atoms with Gasteiger partial charge in [-0.1, -0.05) is 36.4 Å². The summed E-state index contributed by atoms with van der Waals surface area (Å²) in [6.45, 7) is 3.90. The standard InChI is InChI=1S/C25H27N3O2S2/c29-23(26-11-5-12-27(15-14-26)25(30)22-8-4-16-31-22)18-28-13-9-21-20(10-17-32-21)24(28)19-6-2-1-3-7-19/h1-4,6-8,10,16-17,24H,5,9,11-15,18H2. The molecule has 166 valence electrons. The minimum absolute atomic E-state index is 0.0828. The van der Waals surface area contributed by atoms with E-state index in [0.29, 0.717) is 32.7 Å². The quantitative estimate of drug-likeness (QED) is 0.582. The Hall–Kier alpha value is -2.48. The SMILES string of the molecule is O=C(CN1CCc2sccc2C1c1ccccc1)N1CCCN(C(=O)c2cccs2)CC1. The van der Waals surface area contributed by atoms with Crippen LogP contribution in [0.3, 0.4) is 0 Å². The highest BCUT2D eigenvalue weighted by Gasteiger charge is 2.32. The van der Waals surface area contributed by atoms with Crippen LogP contribution in [0, 0.1) is 0 Å². The summed E-state index contributed by atoms with van der Waals surface area (Å²) in [7, 11) is 0. The maximum absolute atomic E-state index is 13.3. The maximum atomic E-state index is 13.3. The van der Waals surface area contributed by atoms with E-state index in [1.807, 2.05) is 44.7 Å². The van der Waals surface area contributed by atoms with Gasteiger partial charge in [0.15, 0.2) is 0 Å². The molecule has 0 saturated carbocycles. The number of nitrogens with zero attached hydrogens (tertiary/aromatic N) is 3. The molecular weight excluding hydrogens is 438 g/mol. The number of carbonyl (C=O) groups is 2. The Labute approximate surface area is 196 Å². The molecule has 2 aliphatic rings. The van der Waals surface area contributed by atoms with E-state index in [0.717, 1.165) is 24.3 Å². The Bertz CT molecular complexity index is 1060. The molecule has 0 N–H and O–H groups in total. The number of benzene rings is 1. The van der Waals surface area contributed by atoms with Crippen LogP contribution >= 0.6 is 22.7 Å². The van der Waals surface area contributed by atoms with Crippen molar-refractivity contribution in [2.45, 2.75) is 18.9 Å². The van der Waals surface area contributed by atoms with Crippen molar-refractivity contribution in [2.24, 2.45) is 0 Å². The van der Waals surface area contributed by atoms with Crippen LogP contribution in [-0.2, 0) is 11.2 Å². The second-order valence-corrected chi connectivity index (χ2v) is 10.3.